The highest BCUT2D eigenvalue weighted by Gasteiger charge is 2.32. The number of para-hydroxylation sites is 1. The third-order valence-corrected chi connectivity index (χ3v) is 3.99. The minimum absolute atomic E-state index is 0.0707. The van der Waals surface area contributed by atoms with E-state index in [0.29, 0.717) is 30.5 Å². The maximum absolute atomic E-state index is 12.6. The Morgan fingerprint density at radius 2 is 1.95 bits per heavy atom. The Bertz CT molecular complexity index is 534. The quantitative estimate of drug-likeness (QED) is 0.679. The average Bonchev–Trinajstić information content (AvgIpc) is 2.76. The Kier molecular flexibility index (Phi) is 3.92. The summed E-state index contributed by atoms with van der Waals surface area (Å²) < 4.78 is 0. The predicted octanol–water partition coefficient (Wildman–Crippen LogP) is 2.36. The first kappa shape index (κ1) is 14.3. The van der Waals surface area contributed by atoms with Crippen LogP contribution in [0.2, 0.25) is 0 Å². The van der Waals surface area contributed by atoms with Crippen molar-refractivity contribution in [1.29, 1.82) is 0 Å². The summed E-state index contributed by atoms with van der Waals surface area (Å²) in [5.74, 6) is 0.764. The lowest BCUT2D eigenvalue weighted by Gasteiger charge is -2.18. The van der Waals surface area contributed by atoms with E-state index in [9.17, 15) is 14.9 Å². The Hall–Kier alpha value is -2.11. The van der Waals surface area contributed by atoms with Crippen LogP contribution in [-0.4, -0.2) is 35.9 Å². The van der Waals surface area contributed by atoms with Gasteiger partial charge in [0.2, 0.25) is 0 Å². The van der Waals surface area contributed by atoms with Gasteiger partial charge in [-0.15, -0.1) is 0 Å². The summed E-state index contributed by atoms with van der Waals surface area (Å²) in [6, 6.07) is 4.59. The lowest BCUT2D eigenvalue weighted by Crippen LogP contribution is -2.29. The highest BCUT2D eigenvalue weighted by atomic mass is 16.6. The molecule has 1 aliphatic rings. The second kappa shape index (κ2) is 5.48. The zero-order valence-corrected chi connectivity index (χ0v) is 11.9. The van der Waals surface area contributed by atoms with Crippen molar-refractivity contribution in [2.24, 2.45) is 11.8 Å². The number of nitro benzene ring substituents is 1. The number of amides is 1. The average molecular weight is 277 g/mol. The van der Waals surface area contributed by atoms with E-state index >= 15 is 0 Å². The second-order valence-electron chi connectivity index (χ2n) is 5.37. The Balaban J connectivity index is 2.35. The summed E-state index contributed by atoms with van der Waals surface area (Å²) in [5.41, 5.74) is 0.580. The van der Waals surface area contributed by atoms with Crippen LogP contribution in [-0.2, 0) is 0 Å². The van der Waals surface area contributed by atoms with Gasteiger partial charge in [-0.1, -0.05) is 19.9 Å². The molecule has 0 aliphatic carbocycles. The maximum atomic E-state index is 12.6. The molecule has 0 radical (unpaired) electrons. The van der Waals surface area contributed by atoms with Crippen LogP contribution in [0.25, 0.3) is 0 Å². The SMILES string of the molecule is CNc1c(C(=O)N2CC(C)C(C)C2)cccc1[N+](=O)[O-]. The largest absolute Gasteiger partial charge is 0.382 e. The van der Waals surface area contributed by atoms with Crippen LogP contribution in [0.4, 0.5) is 11.4 Å². The van der Waals surface area contributed by atoms with E-state index in [1.807, 2.05) is 0 Å². The number of carbonyl (C=O) groups is 1. The highest BCUT2D eigenvalue weighted by molar-refractivity contribution is 6.01. The standard InChI is InChI=1S/C14H19N3O3/c1-9-7-16(8-10(9)2)14(18)11-5-4-6-12(17(19)20)13(11)15-3/h4-6,9-10,15H,7-8H2,1-3H3. The minimum atomic E-state index is -0.474. The lowest BCUT2D eigenvalue weighted by atomic mass is 10.0. The van der Waals surface area contributed by atoms with Crippen LogP contribution in [0, 0.1) is 22.0 Å². The van der Waals surface area contributed by atoms with Gasteiger partial charge in [0.1, 0.15) is 5.69 Å². The molecule has 1 heterocycles. The van der Waals surface area contributed by atoms with Gasteiger partial charge in [0.25, 0.3) is 11.6 Å². The van der Waals surface area contributed by atoms with Gasteiger partial charge in [-0.05, 0) is 17.9 Å². The number of hydrogen-bond acceptors (Lipinski definition) is 4. The molecule has 1 saturated heterocycles. The van der Waals surface area contributed by atoms with Crippen molar-refractivity contribution in [3.05, 3.63) is 33.9 Å². The molecule has 1 aromatic carbocycles. The Morgan fingerprint density at radius 1 is 1.35 bits per heavy atom. The molecule has 0 aromatic heterocycles. The molecule has 1 aromatic rings. The zero-order valence-electron chi connectivity index (χ0n) is 11.9. The third kappa shape index (κ3) is 2.45. The number of hydrogen-bond donors (Lipinski definition) is 1. The molecule has 1 amide bonds. The third-order valence-electron chi connectivity index (χ3n) is 3.99. The van der Waals surface area contributed by atoms with Crippen LogP contribution >= 0.6 is 0 Å². The number of likely N-dealkylation sites (tertiary alicyclic amines) is 1. The molecule has 0 bridgehead atoms. The molecule has 6 nitrogen and oxygen atoms in total. The molecule has 1 aliphatic heterocycles. The fourth-order valence-corrected chi connectivity index (χ4v) is 2.60. The predicted molar refractivity (Wildman–Crippen MR) is 76.9 cm³/mol. The highest BCUT2D eigenvalue weighted by Crippen LogP contribution is 2.31. The van der Waals surface area contributed by atoms with Crippen molar-refractivity contribution in [2.75, 3.05) is 25.5 Å². The van der Waals surface area contributed by atoms with Crippen molar-refractivity contribution < 1.29 is 9.72 Å². The molecule has 1 N–H and O–H groups in total. The number of carbonyl (C=O) groups excluding carboxylic acids is 1. The van der Waals surface area contributed by atoms with Gasteiger partial charge in [0.15, 0.2) is 0 Å². The van der Waals surface area contributed by atoms with Gasteiger partial charge in [-0.3, -0.25) is 14.9 Å². The smallest absolute Gasteiger partial charge is 0.293 e. The van der Waals surface area contributed by atoms with Gasteiger partial charge in [0, 0.05) is 26.2 Å². The number of anilines is 1. The molecular weight excluding hydrogens is 258 g/mol. The maximum Gasteiger partial charge on any atom is 0.293 e. The summed E-state index contributed by atoms with van der Waals surface area (Å²) in [7, 11) is 1.59. The van der Waals surface area contributed by atoms with E-state index in [1.165, 1.54) is 6.07 Å². The molecular formula is C14H19N3O3. The molecule has 2 atom stereocenters. The monoisotopic (exact) mass is 277 g/mol. The molecule has 0 saturated carbocycles. The Labute approximate surface area is 117 Å². The summed E-state index contributed by atoms with van der Waals surface area (Å²) in [4.78, 5) is 24.9. The van der Waals surface area contributed by atoms with Crippen LogP contribution in [0.1, 0.15) is 24.2 Å². The first-order valence-corrected chi connectivity index (χ1v) is 6.70. The molecule has 1 fully saturated rings. The minimum Gasteiger partial charge on any atom is -0.382 e. The van der Waals surface area contributed by atoms with E-state index in [-0.39, 0.29) is 17.3 Å². The van der Waals surface area contributed by atoms with Crippen LogP contribution in [0.5, 0.6) is 0 Å². The van der Waals surface area contributed by atoms with Crippen LogP contribution in [0.15, 0.2) is 18.2 Å². The van der Waals surface area contributed by atoms with E-state index < -0.39 is 4.92 Å². The van der Waals surface area contributed by atoms with Crippen molar-refractivity contribution in [2.45, 2.75) is 13.8 Å². The second-order valence-corrected chi connectivity index (χ2v) is 5.37. The first-order chi connectivity index (χ1) is 9.45. The number of benzene rings is 1. The van der Waals surface area contributed by atoms with E-state index in [2.05, 4.69) is 19.2 Å². The van der Waals surface area contributed by atoms with Crippen LogP contribution in [0.3, 0.4) is 0 Å². The summed E-state index contributed by atoms with van der Waals surface area (Å²) in [6.45, 7) is 5.63. The molecule has 0 spiro atoms. The first-order valence-electron chi connectivity index (χ1n) is 6.70. The van der Waals surface area contributed by atoms with Gasteiger partial charge in [0.05, 0.1) is 10.5 Å². The normalized spacial score (nSPS) is 21.9. The van der Waals surface area contributed by atoms with Crippen LogP contribution < -0.4 is 5.32 Å². The van der Waals surface area contributed by atoms with Gasteiger partial charge < -0.3 is 10.2 Å². The van der Waals surface area contributed by atoms with Gasteiger partial charge in [-0.2, -0.15) is 0 Å². The summed E-state index contributed by atoms with van der Waals surface area (Å²) in [5, 5.41) is 13.8. The number of nitrogens with zero attached hydrogens (tertiary/aromatic N) is 2. The fourth-order valence-electron chi connectivity index (χ4n) is 2.60. The van der Waals surface area contributed by atoms with Crippen molar-refractivity contribution in [3.63, 3.8) is 0 Å². The summed E-state index contributed by atoms with van der Waals surface area (Å²) >= 11 is 0. The van der Waals surface area contributed by atoms with E-state index in [1.54, 1.807) is 24.1 Å². The number of nitrogens with one attached hydrogen (secondary N) is 1. The molecule has 6 heteroatoms. The zero-order chi connectivity index (χ0) is 14.9. The molecule has 108 valence electrons. The van der Waals surface area contributed by atoms with Crippen molar-refractivity contribution in [3.8, 4) is 0 Å². The topological polar surface area (TPSA) is 75.5 Å². The molecule has 2 rings (SSSR count). The Morgan fingerprint density at radius 3 is 2.45 bits per heavy atom. The van der Waals surface area contributed by atoms with Gasteiger partial charge >= 0.3 is 0 Å². The van der Waals surface area contributed by atoms with Crippen molar-refractivity contribution in [1.82, 2.24) is 4.90 Å². The summed E-state index contributed by atoms with van der Waals surface area (Å²) in [6.07, 6.45) is 0. The number of nitro groups is 1. The fraction of sp³-hybridized carbons (Fsp3) is 0.500. The van der Waals surface area contributed by atoms with E-state index in [0.717, 1.165) is 0 Å². The number of rotatable bonds is 3. The van der Waals surface area contributed by atoms with Crippen molar-refractivity contribution >= 4 is 17.3 Å². The molecule has 20 heavy (non-hydrogen) atoms. The van der Waals surface area contributed by atoms with Gasteiger partial charge in [-0.25, -0.2) is 0 Å². The lowest BCUT2D eigenvalue weighted by molar-refractivity contribution is -0.384. The molecule has 2 unspecified atom stereocenters. The van der Waals surface area contributed by atoms with E-state index in [4.69, 9.17) is 0 Å².